The summed E-state index contributed by atoms with van der Waals surface area (Å²) in [7, 11) is 1.68. The van der Waals surface area contributed by atoms with E-state index < -0.39 is 0 Å². The third kappa shape index (κ3) is 3.76. The van der Waals surface area contributed by atoms with Crippen LogP contribution < -0.4 is 10.1 Å². The molecule has 1 unspecified atom stereocenters. The van der Waals surface area contributed by atoms with E-state index in [-0.39, 0.29) is 6.04 Å². The maximum absolute atomic E-state index is 5.20. The first-order valence-corrected chi connectivity index (χ1v) is 8.08. The van der Waals surface area contributed by atoms with Crippen molar-refractivity contribution in [3.8, 4) is 5.75 Å². The van der Waals surface area contributed by atoms with Gasteiger partial charge in [0.05, 0.1) is 13.2 Å². The van der Waals surface area contributed by atoms with Gasteiger partial charge >= 0.3 is 0 Å². The van der Waals surface area contributed by atoms with Gasteiger partial charge in [0.15, 0.2) is 0 Å². The van der Waals surface area contributed by atoms with Gasteiger partial charge in [-0.1, -0.05) is 35.0 Å². The highest BCUT2D eigenvalue weighted by atomic mass is 79.9. The molecule has 106 valence electrons. The number of hydrogen-bond acceptors (Lipinski definition) is 2. The summed E-state index contributed by atoms with van der Waals surface area (Å²) in [5.41, 5.74) is 2.35. The van der Waals surface area contributed by atoms with Crippen LogP contribution in [0, 0.1) is 0 Å². The van der Waals surface area contributed by atoms with Crippen LogP contribution in [0.5, 0.6) is 5.75 Å². The molecule has 2 aromatic carbocycles. The van der Waals surface area contributed by atoms with E-state index in [0.717, 1.165) is 26.8 Å². The normalized spacial score (nSPS) is 12.0. The van der Waals surface area contributed by atoms with Gasteiger partial charge in [-0.05, 0) is 58.2 Å². The number of hydrogen-bond donors (Lipinski definition) is 1. The summed E-state index contributed by atoms with van der Waals surface area (Å²) >= 11 is 7.06. The molecule has 20 heavy (non-hydrogen) atoms. The second-order valence-corrected chi connectivity index (χ2v) is 6.27. The van der Waals surface area contributed by atoms with Crippen molar-refractivity contribution in [1.29, 1.82) is 0 Å². The number of nitrogens with one attached hydrogen (secondary N) is 1. The zero-order valence-corrected chi connectivity index (χ0v) is 14.7. The first-order chi connectivity index (χ1) is 9.63. The predicted octanol–water partition coefficient (Wildman–Crippen LogP) is 5.78. The van der Waals surface area contributed by atoms with Gasteiger partial charge < -0.3 is 10.1 Å². The Hall–Kier alpha value is -1.00. The lowest BCUT2D eigenvalue weighted by molar-refractivity contribution is 0.414. The van der Waals surface area contributed by atoms with E-state index in [2.05, 4.69) is 62.3 Å². The minimum atomic E-state index is 0.276. The SMILES string of the molecule is CCC(Nc1ccc(Br)cc1Br)c1ccc(OC)cc1. The molecule has 0 saturated heterocycles. The van der Waals surface area contributed by atoms with Crippen molar-refractivity contribution in [2.45, 2.75) is 19.4 Å². The molecule has 0 heterocycles. The summed E-state index contributed by atoms with van der Waals surface area (Å²) in [6.45, 7) is 2.18. The Morgan fingerprint density at radius 1 is 1.10 bits per heavy atom. The van der Waals surface area contributed by atoms with E-state index >= 15 is 0 Å². The molecule has 0 fully saturated rings. The number of halogens is 2. The van der Waals surface area contributed by atoms with Crippen LogP contribution in [-0.2, 0) is 0 Å². The molecular weight excluding hydrogens is 382 g/mol. The molecule has 2 nitrogen and oxygen atoms in total. The van der Waals surface area contributed by atoms with Gasteiger partial charge in [0.25, 0.3) is 0 Å². The van der Waals surface area contributed by atoms with Crippen molar-refractivity contribution in [3.05, 3.63) is 57.0 Å². The van der Waals surface area contributed by atoms with Gasteiger partial charge in [0.2, 0.25) is 0 Å². The smallest absolute Gasteiger partial charge is 0.118 e. The molecule has 2 rings (SSSR count). The van der Waals surface area contributed by atoms with Crippen LogP contribution in [-0.4, -0.2) is 7.11 Å². The third-order valence-corrected chi connectivity index (χ3v) is 4.34. The van der Waals surface area contributed by atoms with Gasteiger partial charge in [0.1, 0.15) is 5.75 Å². The zero-order chi connectivity index (χ0) is 14.5. The Morgan fingerprint density at radius 3 is 2.35 bits per heavy atom. The molecule has 0 aliphatic heterocycles. The standard InChI is InChI=1S/C16H17Br2NO/c1-3-15(11-4-7-13(20-2)8-5-11)19-16-9-6-12(17)10-14(16)18/h4-10,15,19H,3H2,1-2H3. The Morgan fingerprint density at radius 2 is 1.80 bits per heavy atom. The van der Waals surface area contributed by atoms with E-state index in [1.807, 2.05) is 24.3 Å². The van der Waals surface area contributed by atoms with Crippen LogP contribution >= 0.6 is 31.9 Å². The second kappa shape index (κ2) is 7.14. The fourth-order valence-corrected chi connectivity index (χ4v) is 3.21. The fourth-order valence-electron chi connectivity index (χ4n) is 2.05. The number of ether oxygens (including phenoxy) is 1. The summed E-state index contributed by atoms with van der Waals surface area (Å²) < 4.78 is 7.32. The van der Waals surface area contributed by atoms with Crippen LogP contribution in [0.25, 0.3) is 0 Å². The molecule has 0 aromatic heterocycles. The Labute approximate surface area is 136 Å². The van der Waals surface area contributed by atoms with Crippen molar-refractivity contribution in [3.63, 3.8) is 0 Å². The summed E-state index contributed by atoms with van der Waals surface area (Å²) in [5.74, 6) is 0.883. The first kappa shape index (κ1) is 15.4. The molecule has 1 N–H and O–H groups in total. The molecule has 4 heteroatoms. The molecular formula is C16H17Br2NO. The van der Waals surface area contributed by atoms with Gasteiger partial charge in [-0.3, -0.25) is 0 Å². The van der Waals surface area contributed by atoms with Crippen LogP contribution in [0.4, 0.5) is 5.69 Å². The molecule has 0 spiro atoms. The third-order valence-electron chi connectivity index (χ3n) is 3.19. The molecule has 0 aliphatic rings. The molecule has 1 atom stereocenters. The maximum atomic E-state index is 5.20. The summed E-state index contributed by atoms with van der Waals surface area (Å²) in [6.07, 6.45) is 1.01. The summed E-state index contributed by atoms with van der Waals surface area (Å²) in [5, 5.41) is 3.57. The van der Waals surface area contributed by atoms with Crippen molar-refractivity contribution >= 4 is 37.5 Å². The van der Waals surface area contributed by atoms with Crippen molar-refractivity contribution < 1.29 is 4.74 Å². The van der Waals surface area contributed by atoms with Gasteiger partial charge in [0, 0.05) is 14.6 Å². The maximum Gasteiger partial charge on any atom is 0.118 e. The van der Waals surface area contributed by atoms with Crippen molar-refractivity contribution in [2.24, 2.45) is 0 Å². The Balaban J connectivity index is 2.19. The summed E-state index contributed by atoms with van der Waals surface area (Å²) in [4.78, 5) is 0. The van der Waals surface area contributed by atoms with E-state index in [4.69, 9.17) is 4.74 Å². The highest BCUT2D eigenvalue weighted by Gasteiger charge is 2.11. The van der Waals surface area contributed by atoms with Gasteiger partial charge in [-0.15, -0.1) is 0 Å². The molecule has 2 aromatic rings. The molecule has 0 amide bonds. The zero-order valence-electron chi connectivity index (χ0n) is 11.5. The van der Waals surface area contributed by atoms with Gasteiger partial charge in [-0.2, -0.15) is 0 Å². The van der Waals surface area contributed by atoms with E-state index in [0.29, 0.717) is 0 Å². The lowest BCUT2D eigenvalue weighted by atomic mass is 10.0. The first-order valence-electron chi connectivity index (χ1n) is 6.49. The monoisotopic (exact) mass is 397 g/mol. The number of benzene rings is 2. The average Bonchev–Trinajstić information content (AvgIpc) is 2.47. The predicted molar refractivity (Wildman–Crippen MR) is 91.5 cm³/mol. The average molecular weight is 399 g/mol. The number of rotatable bonds is 5. The number of methoxy groups -OCH3 is 1. The number of anilines is 1. The van der Waals surface area contributed by atoms with E-state index in [1.54, 1.807) is 7.11 Å². The molecule has 0 bridgehead atoms. The Kier molecular flexibility index (Phi) is 5.49. The lowest BCUT2D eigenvalue weighted by Gasteiger charge is -2.20. The largest absolute Gasteiger partial charge is 0.497 e. The quantitative estimate of drug-likeness (QED) is 0.688. The minimum absolute atomic E-state index is 0.276. The van der Waals surface area contributed by atoms with Crippen LogP contribution in [0.1, 0.15) is 24.9 Å². The Bertz CT molecular complexity index is 569. The lowest BCUT2D eigenvalue weighted by Crippen LogP contribution is -2.10. The van der Waals surface area contributed by atoms with Crippen LogP contribution in [0.15, 0.2) is 51.4 Å². The van der Waals surface area contributed by atoms with Gasteiger partial charge in [-0.25, -0.2) is 0 Å². The van der Waals surface area contributed by atoms with E-state index in [9.17, 15) is 0 Å². The molecule has 0 saturated carbocycles. The molecule has 0 aliphatic carbocycles. The highest BCUT2D eigenvalue weighted by molar-refractivity contribution is 9.11. The topological polar surface area (TPSA) is 21.3 Å². The van der Waals surface area contributed by atoms with Crippen LogP contribution in [0.3, 0.4) is 0 Å². The summed E-state index contributed by atoms with van der Waals surface area (Å²) in [6, 6.07) is 14.6. The van der Waals surface area contributed by atoms with Crippen molar-refractivity contribution in [2.75, 3.05) is 12.4 Å². The van der Waals surface area contributed by atoms with E-state index in [1.165, 1.54) is 5.56 Å². The minimum Gasteiger partial charge on any atom is -0.497 e. The second-order valence-electron chi connectivity index (χ2n) is 4.50. The van der Waals surface area contributed by atoms with Crippen molar-refractivity contribution in [1.82, 2.24) is 0 Å². The molecule has 0 radical (unpaired) electrons. The van der Waals surface area contributed by atoms with Crippen LogP contribution in [0.2, 0.25) is 0 Å². The fraction of sp³-hybridized carbons (Fsp3) is 0.250. The highest BCUT2D eigenvalue weighted by Crippen LogP contribution is 2.31.